The van der Waals surface area contributed by atoms with Crippen molar-refractivity contribution >= 4 is 24.0 Å². The van der Waals surface area contributed by atoms with Crippen LogP contribution in [0.3, 0.4) is 0 Å². The zero-order valence-corrected chi connectivity index (χ0v) is 11.2. The van der Waals surface area contributed by atoms with Crippen LogP contribution in [0.25, 0.3) is 0 Å². The summed E-state index contributed by atoms with van der Waals surface area (Å²) in [7, 11) is 0. The maximum atomic E-state index is 11.6. The van der Waals surface area contributed by atoms with Crippen LogP contribution in [0, 0.1) is 6.92 Å². The van der Waals surface area contributed by atoms with Gasteiger partial charge in [0.2, 0.25) is 11.8 Å². The van der Waals surface area contributed by atoms with E-state index in [0.717, 1.165) is 5.56 Å². The number of carbonyl (C=O) groups excluding carboxylic acids is 1. The van der Waals surface area contributed by atoms with Crippen LogP contribution in [0.5, 0.6) is 0 Å². The highest BCUT2D eigenvalue weighted by Gasteiger charge is 2.06. The third kappa shape index (κ3) is 4.59. The topological polar surface area (TPSA) is 94.0 Å². The molecular weight excluding hydrogens is 268 g/mol. The molecule has 0 aliphatic carbocycles. The van der Waals surface area contributed by atoms with Gasteiger partial charge in [0, 0.05) is 12.6 Å². The van der Waals surface area contributed by atoms with E-state index in [-0.39, 0.29) is 24.9 Å². The Kier molecular flexibility index (Phi) is 5.32. The molecule has 102 valence electrons. The number of anilines is 1. The van der Waals surface area contributed by atoms with Crippen LogP contribution in [0.15, 0.2) is 28.8 Å². The molecule has 0 aliphatic heterocycles. The molecule has 2 rings (SSSR count). The molecule has 1 amide bonds. The molecule has 0 saturated heterocycles. The average Bonchev–Trinajstić information content (AvgIpc) is 2.76. The molecule has 7 heteroatoms. The summed E-state index contributed by atoms with van der Waals surface area (Å²) < 4.78 is 4.80. The third-order valence-electron chi connectivity index (χ3n) is 2.36. The molecule has 0 saturated carbocycles. The van der Waals surface area contributed by atoms with Gasteiger partial charge in [-0.3, -0.25) is 4.79 Å². The predicted octanol–water partition coefficient (Wildman–Crippen LogP) is 1.24. The number of nitrogens with one attached hydrogen (secondary N) is 1. The number of aromatic nitrogens is 2. The highest BCUT2D eigenvalue weighted by molar-refractivity contribution is 5.85. The first-order chi connectivity index (χ1) is 8.63. The van der Waals surface area contributed by atoms with Gasteiger partial charge in [0.25, 0.3) is 0 Å². The van der Waals surface area contributed by atoms with E-state index >= 15 is 0 Å². The van der Waals surface area contributed by atoms with Crippen molar-refractivity contribution in [1.82, 2.24) is 15.5 Å². The summed E-state index contributed by atoms with van der Waals surface area (Å²) in [6, 6.07) is 7.19. The molecule has 2 aromatic rings. The molecule has 1 heterocycles. The van der Waals surface area contributed by atoms with Gasteiger partial charge in [0.05, 0.1) is 13.0 Å². The summed E-state index contributed by atoms with van der Waals surface area (Å²) in [5.41, 5.74) is 7.16. The average molecular weight is 283 g/mol. The van der Waals surface area contributed by atoms with Crippen LogP contribution >= 0.6 is 12.4 Å². The predicted molar refractivity (Wildman–Crippen MR) is 72.7 cm³/mol. The van der Waals surface area contributed by atoms with Gasteiger partial charge >= 0.3 is 0 Å². The molecule has 1 aromatic heterocycles. The smallest absolute Gasteiger partial charge is 0.224 e. The number of halogens is 1. The number of carbonyl (C=O) groups is 1. The summed E-state index contributed by atoms with van der Waals surface area (Å²) in [5, 5.41) is 6.41. The summed E-state index contributed by atoms with van der Waals surface area (Å²) in [5.74, 6) is 0.859. The van der Waals surface area contributed by atoms with Crippen molar-refractivity contribution in [2.24, 2.45) is 0 Å². The van der Waals surface area contributed by atoms with Gasteiger partial charge in [-0.15, -0.1) is 12.4 Å². The van der Waals surface area contributed by atoms with Crippen LogP contribution in [-0.2, 0) is 17.8 Å². The molecule has 3 N–H and O–H groups in total. The van der Waals surface area contributed by atoms with Crippen molar-refractivity contribution in [3.05, 3.63) is 41.5 Å². The van der Waals surface area contributed by atoms with Gasteiger partial charge < -0.3 is 15.6 Å². The number of hydrogen-bond acceptors (Lipinski definition) is 5. The molecule has 0 bridgehead atoms. The van der Waals surface area contributed by atoms with E-state index in [1.54, 1.807) is 19.1 Å². The van der Waals surface area contributed by atoms with Crippen molar-refractivity contribution in [2.75, 3.05) is 5.73 Å². The third-order valence-corrected chi connectivity index (χ3v) is 2.36. The normalized spacial score (nSPS) is 9.74. The number of rotatable bonds is 4. The highest BCUT2D eigenvalue weighted by atomic mass is 35.5. The quantitative estimate of drug-likeness (QED) is 0.823. The van der Waals surface area contributed by atoms with Crippen molar-refractivity contribution in [2.45, 2.75) is 19.9 Å². The number of nitrogens with two attached hydrogens (primary N) is 1. The van der Waals surface area contributed by atoms with E-state index in [0.29, 0.717) is 23.8 Å². The Hall–Kier alpha value is -2.08. The van der Waals surface area contributed by atoms with E-state index in [2.05, 4.69) is 15.5 Å². The minimum absolute atomic E-state index is 0. The van der Waals surface area contributed by atoms with Crippen LogP contribution in [0.1, 0.15) is 17.3 Å². The number of nitrogen functional groups attached to an aromatic ring is 1. The lowest BCUT2D eigenvalue weighted by atomic mass is 10.1. The highest BCUT2D eigenvalue weighted by Crippen LogP contribution is 2.06. The van der Waals surface area contributed by atoms with E-state index in [9.17, 15) is 4.79 Å². The molecule has 0 aliphatic rings. The Balaban J connectivity index is 0.00000180. The molecule has 1 aromatic carbocycles. The molecular formula is C12H15ClN4O2. The first-order valence-corrected chi connectivity index (χ1v) is 5.54. The van der Waals surface area contributed by atoms with Crippen LogP contribution in [-0.4, -0.2) is 16.0 Å². The van der Waals surface area contributed by atoms with Gasteiger partial charge in [0.15, 0.2) is 5.82 Å². The largest absolute Gasteiger partial charge is 0.399 e. The zero-order chi connectivity index (χ0) is 13.0. The first kappa shape index (κ1) is 15.0. The maximum Gasteiger partial charge on any atom is 0.224 e. The van der Waals surface area contributed by atoms with Gasteiger partial charge in [0.1, 0.15) is 0 Å². The molecule has 0 atom stereocenters. The second-order valence-electron chi connectivity index (χ2n) is 3.92. The summed E-state index contributed by atoms with van der Waals surface area (Å²) in [4.78, 5) is 15.6. The van der Waals surface area contributed by atoms with Gasteiger partial charge in [-0.05, 0) is 17.7 Å². The van der Waals surface area contributed by atoms with Crippen LogP contribution in [0.4, 0.5) is 5.69 Å². The van der Waals surface area contributed by atoms with E-state index < -0.39 is 0 Å². The second kappa shape index (κ2) is 6.75. The lowest BCUT2D eigenvalue weighted by Gasteiger charge is -2.03. The Morgan fingerprint density at radius 2 is 2.05 bits per heavy atom. The van der Waals surface area contributed by atoms with Crippen molar-refractivity contribution in [3.8, 4) is 0 Å². The fourth-order valence-electron chi connectivity index (χ4n) is 1.47. The Morgan fingerprint density at radius 1 is 1.37 bits per heavy atom. The standard InChI is InChI=1S/C12H14N4O2.ClH/c1-8-15-11(16-18-8)7-14-12(17)6-9-2-4-10(13)5-3-9;/h2-5H,6-7,13H2,1H3,(H,14,17);1H. The molecule has 6 nitrogen and oxygen atoms in total. The monoisotopic (exact) mass is 282 g/mol. The summed E-state index contributed by atoms with van der Waals surface area (Å²) >= 11 is 0. The van der Waals surface area contributed by atoms with Gasteiger partial charge in [-0.25, -0.2) is 0 Å². The van der Waals surface area contributed by atoms with Crippen molar-refractivity contribution in [3.63, 3.8) is 0 Å². The minimum Gasteiger partial charge on any atom is -0.399 e. The van der Waals surface area contributed by atoms with E-state index in [4.69, 9.17) is 10.3 Å². The number of benzene rings is 1. The summed E-state index contributed by atoms with van der Waals surface area (Å²) in [6.07, 6.45) is 0.303. The number of nitrogens with zero attached hydrogens (tertiary/aromatic N) is 2. The fraction of sp³-hybridized carbons (Fsp3) is 0.250. The maximum absolute atomic E-state index is 11.6. The van der Waals surface area contributed by atoms with Crippen molar-refractivity contribution < 1.29 is 9.32 Å². The molecule has 19 heavy (non-hydrogen) atoms. The molecule has 0 unspecified atom stereocenters. The Labute approximate surface area is 116 Å². The lowest BCUT2D eigenvalue weighted by molar-refractivity contribution is -0.120. The first-order valence-electron chi connectivity index (χ1n) is 5.54. The molecule has 0 radical (unpaired) electrons. The molecule has 0 fully saturated rings. The lowest BCUT2D eigenvalue weighted by Crippen LogP contribution is -2.25. The number of aryl methyl sites for hydroxylation is 1. The summed E-state index contributed by atoms with van der Waals surface area (Å²) in [6.45, 7) is 1.97. The number of amides is 1. The van der Waals surface area contributed by atoms with E-state index in [1.165, 1.54) is 0 Å². The Bertz CT molecular complexity index is 539. The van der Waals surface area contributed by atoms with Gasteiger partial charge in [-0.2, -0.15) is 4.98 Å². The SMILES string of the molecule is Cc1nc(CNC(=O)Cc2ccc(N)cc2)no1.Cl. The van der Waals surface area contributed by atoms with Gasteiger partial charge in [-0.1, -0.05) is 17.3 Å². The van der Waals surface area contributed by atoms with Crippen molar-refractivity contribution in [1.29, 1.82) is 0 Å². The number of hydrogen-bond donors (Lipinski definition) is 2. The minimum atomic E-state index is -0.0952. The second-order valence-corrected chi connectivity index (χ2v) is 3.92. The molecule has 0 spiro atoms. The Morgan fingerprint density at radius 3 is 2.63 bits per heavy atom. The van der Waals surface area contributed by atoms with Crippen LogP contribution < -0.4 is 11.1 Å². The fourth-order valence-corrected chi connectivity index (χ4v) is 1.47. The van der Waals surface area contributed by atoms with Crippen LogP contribution in [0.2, 0.25) is 0 Å². The van der Waals surface area contributed by atoms with E-state index in [1.807, 2.05) is 12.1 Å². The zero-order valence-electron chi connectivity index (χ0n) is 10.4.